The topological polar surface area (TPSA) is 21.3 Å². The zero-order chi connectivity index (χ0) is 13.0. The van der Waals surface area contributed by atoms with Gasteiger partial charge in [0.15, 0.2) is 0 Å². The maximum absolute atomic E-state index is 5.80. The fourth-order valence-electron chi connectivity index (χ4n) is 1.67. The summed E-state index contributed by atoms with van der Waals surface area (Å²) in [4.78, 5) is 0. The van der Waals surface area contributed by atoms with Crippen molar-refractivity contribution in [1.82, 2.24) is 5.32 Å². The number of aryl methyl sites for hydroxylation is 1. The number of rotatable bonds is 4. The molecule has 0 saturated carbocycles. The zero-order valence-corrected chi connectivity index (χ0v) is 12.1. The Labute approximate surface area is 116 Å². The van der Waals surface area contributed by atoms with Gasteiger partial charge in [0, 0.05) is 11.0 Å². The molecule has 0 unspecified atom stereocenters. The third-order valence-electron chi connectivity index (χ3n) is 2.65. The molecule has 0 atom stereocenters. The molecule has 0 aliphatic rings. The summed E-state index contributed by atoms with van der Waals surface area (Å²) in [7, 11) is 1.93. The Kier molecular flexibility index (Phi) is 4.39. The van der Waals surface area contributed by atoms with Crippen molar-refractivity contribution in [2.24, 2.45) is 0 Å². The van der Waals surface area contributed by atoms with E-state index in [4.69, 9.17) is 4.74 Å². The van der Waals surface area contributed by atoms with E-state index in [9.17, 15) is 0 Å². The van der Waals surface area contributed by atoms with Crippen LogP contribution >= 0.6 is 15.9 Å². The molecule has 0 spiro atoms. The number of hydrogen-bond donors (Lipinski definition) is 1. The van der Waals surface area contributed by atoms with Gasteiger partial charge in [0.2, 0.25) is 0 Å². The summed E-state index contributed by atoms with van der Waals surface area (Å²) in [6, 6.07) is 14.1. The van der Waals surface area contributed by atoms with Crippen LogP contribution < -0.4 is 10.1 Å². The summed E-state index contributed by atoms with van der Waals surface area (Å²) in [5.74, 6) is 1.69. The molecule has 0 aliphatic heterocycles. The van der Waals surface area contributed by atoms with Gasteiger partial charge in [-0.3, -0.25) is 0 Å². The Morgan fingerprint density at radius 2 is 1.72 bits per heavy atom. The van der Waals surface area contributed by atoms with Crippen molar-refractivity contribution in [3.63, 3.8) is 0 Å². The molecule has 2 aromatic carbocycles. The van der Waals surface area contributed by atoms with E-state index >= 15 is 0 Å². The molecule has 2 rings (SSSR count). The highest BCUT2D eigenvalue weighted by Crippen LogP contribution is 2.27. The first-order valence-electron chi connectivity index (χ1n) is 5.86. The van der Waals surface area contributed by atoms with E-state index in [1.54, 1.807) is 0 Å². The molecule has 3 heteroatoms. The third-order valence-corrected chi connectivity index (χ3v) is 3.39. The third kappa shape index (κ3) is 3.34. The van der Waals surface area contributed by atoms with Crippen LogP contribution in [0.2, 0.25) is 0 Å². The standard InChI is InChI=1S/C15H16BrNO/c1-11-3-6-13(7-4-11)18-14-8-5-12(10-17-2)15(16)9-14/h3-9,17H,10H2,1-2H3. The van der Waals surface area contributed by atoms with Gasteiger partial charge < -0.3 is 10.1 Å². The minimum atomic E-state index is 0.839. The van der Waals surface area contributed by atoms with E-state index in [1.165, 1.54) is 11.1 Å². The zero-order valence-electron chi connectivity index (χ0n) is 10.5. The maximum Gasteiger partial charge on any atom is 0.128 e. The lowest BCUT2D eigenvalue weighted by molar-refractivity contribution is 0.482. The van der Waals surface area contributed by atoms with Crippen LogP contribution in [-0.2, 0) is 6.54 Å². The van der Waals surface area contributed by atoms with Crippen molar-refractivity contribution >= 4 is 15.9 Å². The number of halogens is 1. The first-order chi connectivity index (χ1) is 8.69. The van der Waals surface area contributed by atoms with Crippen molar-refractivity contribution in [3.8, 4) is 11.5 Å². The highest BCUT2D eigenvalue weighted by atomic mass is 79.9. The number of nitrogens with one attached hydrogen (secondary N) is 1. The second-order valence-corrected chi connectivity index (χ2v) is 5.05. The summed E-state index contributed by atoms with van der Waals surface area (Å²) >= 11 is 3.55. The highest BCUT2D eigenvalue weighted by molar-refractivity contribution is 9.10. The van der Waals surface area contributed by atoms with Crippen LogP contribution in [0, 0.1) is 6.92 Å². The van der Waals surface area contributed by atoms with Crippen molar-refractivity contribution < 1.29 is 4.74 Å². The molecular formula is C15H16BrNO. The maximum atomic E-state index is 5.80. The first-order valence-corrected chi connectivity index (χ1v) is 6.66. The molecule has 0 aliphatic carbocycles. The quantitative estimate of drug-likeness (QED) is 0.911. The molecule has 0 saturated heterocycles. The van der Waals surface area contributed by atoms with Gasteiger partial charge in [-0.15, -0.1) is 0 Å². The molecule has 0 bridgehead atoms. The molecule has 18 heavy (non-hydrogen) atoms. The molecule has 2 nitrogen and oxygen atoms in total. The lowest BCUT2D eigenvalue weighted by Gasteiger charge is -2.09. The van der Waals surface area contributed by atoms with Crippen LogP contribution in [0.5, 0.6) is 11.5 Å². The Morgan fingerprint density at radius 1 is 1.06 bits per heavy atom. The molecule has 94 valence electrons. The lowest BCUT2D eigenvalue weighted by Crippen LogP contribution is -2.05. The van der Waals surface area contributed by atoms with Crippen LogP contribution in [0.3, 0.4) is 0 Å². The first kappa shape index (κ1) is 13.1. The molecule has 0 amide bonds. The fraction of sp³-hybridized carbons (Fsp3) is 0.200. The lowest BCUT2D eigenvalue weighted by atomic mass is 10.2. The summed E-state index contributed by atoms with van der Waals surface area (Å²) in [6.45, 7) is 2.90. The van der Waals surface area contributed by atoms with Gasteiger partial charge in [-0.2, -0.15) is 0 Å². The molecule has 1 N–H and O–H groups in total. The van der Waals surface area contributed by atoms with Gasteiger partial charge in [-0.1, -0.05) is 39.7 Å². The monoisotopic (exact) mass is 305 g/mol. The van der Waals surface area contributed by atoms with E-state index in [0.29, 0.717) is 0 Å². The predicted octanol–water partition coefficient (Wildman–Crippen LogP) is 4.27. The second-order valence-electron chi connectivity index (χ2n) is 4.20. The molecular weight excluding hydrogens is 290 g/mol. The van der Waals surface area contributed by atoms with Gasteiger partial charge in [0.25, 0.3) is 0 Å². The fourth-order valence-corrected chi connectivity index (χ4v) is 2.17. The summed E-state index contributed by atoms with van der Waals surface area (Å²) < 4.78 is 6.85. The van der Waals surface area contributed by atoms with Crippen molar-refractivity contribution in [2.75, 3.05) is 7.05 Å². The average molecular weight is 306 g/mol. The van der Waals surface area contributed by atoms with Crippen LogP contribution in [0.25, 0.3) is 0 Å². The summed E-state index contributed by atoms with van der Waals surface area (Å²) in [5, 5.41) is 3.13. The van der Waals surface area contributed by atoms with Crippen molar-refractivity contribution in [1.29, 1.82) is 0 Å². The predicted molar refractivity (Wildman–Crippen MR) is 78.2 cm³/mol. The normalized spacial score (nSPS) is 10.4. The largest absolute Gasteiger partial charge is 0.457 e. The van der Waals surface area contributed by atoms with E-state index in [2.05, 4.69) is 34.2 Å². The molecule has 0 fully saturated rings. The number of hydrogen-bond acceptors (Lipinski definition) is 2. The van der Waals surface area contributed by atoms with Gasteiger partial charge in [-0.25, -0.2) is 0 Å². The molecule has 0 heterocycles. The van der Waals surface area contributed by atoms with Crippen molar-refractivity contribution in [3.05, 3.63) is 58.1 Å². The van der Waals surface area contributed by atoms with E-state index in [1.807, 2.05) is 43.4 Å². The second kappa shape index (κ2) is 6.03. The summed E-state index contributed by atoms with van der Waals surface area (Å²) in [5.41, 5.74) is 2.45. The van der Waals surface area contributed by atoms with Gasteiger partial charge >= 0.3 is 0 Å². The Balaban J connectivity index is 2.14. The van der Waals surface area contributed by atoms with Gasteiger partial charge in [0.1, 0.15) is 11.5 Å². The van der Waals surface area contributed by atoms with Crippen molar-refractivity contribution in [2.45, 2.75) is 13.5 Å². The van der Waals surface area contributed by atoms with E-state index < -0.39 is 0 Å². The van der Waals surface area contributed by atoms with E-state index in [0.717, 1.165) is 22.5 Å². The number of benzene rings is 2. The highest BCUT2D eigenvalue weighted by Gasteiger charge is 2.02. The average Bonchev–Trinajstić information content (AvgIpc) is 2.36. The Morgan fingerprint density at radius 3 is 2.33 bits per heavy atom. The van der Waals surface area contributed by atoms with Crippen LogP contribution in [0.1, 0.15) is 11.1 Å². The van der Waals surface area contributed by atoms with Gasteiger partial charge in [0.05, 0.1) is 0 Å². The van der Waals surface area contributed by atoms with Crippen LogP contribution in [0.4, 0.5) is 0 Å². The minimum absolute atomic E-state index is 0.839. The molecule has 2 aromatic rings. The van der Waals surface area contributed by atoms with Crippen LogP contribution in [-0.4, -0.2) is 7.05 Å². The number of ether oxygens (including phenoxy) is 1. The van der Waals surface area contributed by atoms with Gasteiger partial charge in [-0.05, 0) is 43.8 Å². The molecule has 0 aromatic heterocycles. The smallest absolute Gasteiger partial charge is 0.128 e. The van der Waals surface area contributed by atoms with E-state index in [-0.39, 0.29) is 0 Å². The molecule has 0 radical (unpaired) electrons. The minimum Gasteiger partial charge on any atom is -0.457 e. The Hall–Kier alpha value is -1.32. The summed E-state index contributed by atoms with van der Waals surface area (Å²) in [6.07, 6.45) is 0. The SMILES string of the molecule is CNCc1ccc(Oc2ccc(C)cc2)cc1Br. The van der Waals surface area contributed by atoms with Crippen LogP contribution in [0.15, 0.2) is 46.9 Å². The Bertz CT molecular complexity index is 523.